The molecule has 0 aliphatic carbocycles. The van der Waals surface area contributed by atoms with E-state index in [4.69, 9.17) is 16.1 Å². The number of hydrogen-bond acceptors (Lipinski definition) is 6. The summed E-state index contributed by atoms with van der Waals surface area (Å²) in [5, 5.41) is 7.90. The molecule has 4 rings (SSSR count). The number of carbonyl (C=O) groups excluding carboxylic acids is 1. The number of nitrogens with zero attached hydrogens (tertiary/aromatic N) is 3. The summed E-state index contributed by atoms with van der Waals surface area (Å²) in [6.45, 7) is 2.85. The predicted molar refractivity (Wildman–Crippen MR) is 123 cm³/mol. The summed E-state index contributed by atoms with van der Waals surface area (Å²) in [6, 6.07) is 17.5. The van der Waals surface area contributed by atoms with Gasteiger partial charge in [-0.05, 0) is 43.7 Å². The molecule has 1 saturated heterocycles. The van der Waals surface area contributed by atoms with Gasteiger partial charge < -0.3 is 9.84 Å². The molecule has 1 aliphatic heterocycles. The van der Waals surface area contributed by atoms with Gasteiger partial charge >= 0.3 is 0 Å². The van der Waals surface area contributed by atoms with Gasteiger partial charge in [0.25, 0.3) is 0 Å². The summed E-state index contributed by atoms with van der Waals surface area (Å²) in [7, 11) is 0. The number of thioether (sulfide) groups is 1. The van der Waals surface area contributed by atoms with Crippen LogP contribution in [0.1, 0.15) is 18.7 Å². The summed E-state index contributed by atoms with van der Waals surface area (Å²) in [4.78, 5) is 20.5. The lowest BCUT2D eigenvalue weighted by Gasteiger charge is -2.30. The Morgan fingerprint density at radius 3 is 2.81 bits per heavy atom. The first-order chi connectivity index (χ1) is 15.2. The number of likely N-dealkylation sites (tertiary alicyclic amines) is 1. The third kappa shape index (κ3) is 6.32. The van der Waals surface area contributed by atoms with Crippen LogP contribution in [0.2, 0.25) is 5.02 Å². The Bertz CT molecular complexity index is 981. The molecule has 0 radical (unpaired) electrons. The molecule has 1 aliphatic rings. The molecule has 162 valence electrons. The number of aromatic nitrogens is 2. The molecular weight excluding hydrogens is 432 g/mol. The van der Waals surface area contributed by atoms with Gasteiger partial charge in [0.15, 0.2) is 0 Å². The summed E-state index contributed by atoms with van der Waals surface area (Å²) >= 11 is 7.62. The maximum absolute atomic E-state index is 12.6. The van der Waals surface area contributed by atoms with E-state index in [-0.39, 0.29) is 11.8 Å². The molecule has 6 nitrogen and oxygen atoms in total. The fourth-order valence-corrected chi connectivity index (χ4v) is 4.54. The lowest BCUT2D eigenvalue weighted by Crippen LogP contribution is -2.43. The Morgan fingerprint density at radius 1 is 1.19 bits per heavy atom. The van der Waals surface area contributed by atoms with E-state index < -0.39 is 0 Å². The van der Waals surface area contributed by atoms with Crippen LogP contribution in [0.3, 0.4) is 0 Å². The Kier molecular flexibility index (Phi) is 7.61. The van der Waals surface area contributed by atoms with Crippen LogP contribution in [0, 0.1) is 5.92 Å². The van der Waals surface area contributed by atoms with Crippen molar-refractivity contribution >= 4 is 29.3 Å². The summed E-state index contributed by atoms with van der Waals surface area (Å²) in [6.07, 6.45) is 1.89. The van der Waals surface area contributed by atoms with Crippen LogP contribution < -0.4 is 5.32 Å². The average Bonchev–Trinajstić information content (AvgIpc) is 3.27. The third-order valence-electron chi connectivity index (χ3n) is 5.22. The molecule has 1 amide bonds. The second-order valence-corrected chi connectivity index (χ2v) is 9.15. The highest BCUT2D eigenvalue weighted by atomic mass is 35.5. The number of nitrogens with one attached hydrogen (secondary N) is 1. The fraction of sp³-hybridized carbons (Fsp3) is 0.348. The Hall–Kier alpha value is -2.35. The number of benzene rings is 2. The average molecular weight is 457 g/mol. The maximum Gasteiger partial charge on any atom is 0.241 e. The maximum atomic E-state index is 12.6. The van der Waals surface area contributed by atoms with Crippen LogP contribution in [-0.2, 0) is 11.3 Å². The molecule has 1 unspecified atom stereocenters. The highest BCUT2D eigenvalue weighted by molar-refractivity contribution is 7.99. The first kappa shape index (κ1) is 21.9. The van der Waals surface area contributed by atoms with E-state index >= 15 is 0 Å². The molecule has 1 fully saturated rings. The lowest BCUT2D eigenvalue weighted by atomic mass is 9.97. The lowest BCUT2D eigenvalue weighted by molar-refractivity contribution is -0.126. The second kappa shape index (κ2) is 10.8. The number of rotatable bonds is 8. The molecule has 31 heavy (non-hydrogen) atoms. The van der Waals surface area contributed by atoms with E-state index in [1.807, 2.05) is 54.6 Å². The van der Waals surface area contributed by atoms with Crippen LogP contribution >= 0.6 is 23.4 Å². The van der Waals surface area contributed by atoms with Gasteiger partial charge in [-0.15, -0.1) is 11.8 Å². The quantitative estimate of drug-likeness (QED) is 0.397. The highest BCUT2D eigenvalue weighted by Crippen LogP contribution is 2.21. The molecule has 1 aromatic heterocycles. The summed E-state index contributed by atoms with van der Waals surface area (Å²) in [5.41, 5.74) is 0.935. The van der Waals surface area contributed by atoms with Crippen LogP contribution in [0.15, 0.2) is 64.0 Å². The third-order valence-corrected chi connectivity index (χ3v) is 6.48. The van der Waals surface area contributed by atoms with Crippen molar-refractivity contribution < 1.29 is 9.32 Å². The first-order valence-corrected chi connectivity index (χ1v) is 11.8. The van der Waals surface area contributed by atoms with Gasteiger partial charge in [0, 0.05) is 34.3 Å². The number of piperidine rings is 1. The number of hydrogen-bond donors (Lipinski definition) is 1. The number of halogens is 1. The Balaban J connectivity index is 1.22. The fourth-order valence-electron chi connectivity index (χ4n) is 3.65. The van der Waals surface area contributed by atoms with Gasteiger partial charge in [-0.1, -0.05) is 47.1 Å². The van der Waals surface area contributed by atoms with E-state index in [9.17, 15) is 4.79 Å². The molecule has 0 saturated carbocycles. The molecule has 0 bridgehead atoms. The normalized spacial score (nSPS) is 16.9. The molecular formula is C23H25ClN4O2S. The summed E-state index contributed by atoms with van der Waals surface area (Å²) in [5.74, 6) is 2.12. The molecule has 1 atom stereocenters. The van der Waals surface area contributed by atoms with Gasteiger partial charge in [-0.25, -0.2) is 0 Å². The molecule has 1 N–H and O–H groups in total. The van der Waals surface area contributed by atoms with Crippen molar-refractivity contribution in [1.82, 2.24) is 20.4 Å². The van der Waals surface area contributed by atoms with E-state index in [0.29, 0.717) is 31.3 Å². The monoisotopic (exact) mass is 456 g/mol. The zero-order valence-corrected chi connectivity index (χ0v) is 18.7. The molecule has 8 heteroatoms. The molecule has 3 aromatic rings. The van der Waals surface area contributed by atoms with Crippen molar-refractivity contribution in [3.63, 3.8) is 0 Å². The molecule has 0 spiro atoms. The largest absolute Gasteiger partial charge is 0.355 e. The summed E-state index contributed by atoms with van der Waals surface area (Å²) < 4.78 is 5.43. The minimum atomic E-state index is -0.00852. The van der Waals surface area contributed by atoms with Gasteiger partial charge in [0.1, 0.15) is 0 Å². The van der Waals surface area contributed by atoms with Gasteiger partial charge in [0.05, 0.1) is 12.5 Å². The standard InChI is InChI=1S/C23H25ClN4O2S/c24-19-8-10-20(11-9-19)31-14-12-25-23(29)18-7-4-13-28(15-18)16-21-26-22(27-30-21)17-5-2-1-3-6-17/h1-3,5-6,8-11,18H,4,7,12-16H2,(H,25,29). The van der Waals surface area contributed by atoms with Crippen molar-refractivity contribution in [3.8, 4) is 11.4 Å². The van der Waals surface area contributed by atoms with Crippen molar-refractivity contribution in [1.29, 1.82) is 0 Å². The second-order valence-electron chi connectivity index (χ2n) is 7.55. The minimum Gasteiger partial charge on any atom is -0.355 e. The van der Waals surface area contributed by atoms with Crippen LogP contribution in [0.25, 0.3) is 11.4 Å². The zero-order chi connectivity index (χ0) is 21.5. The van der Waals surface area contributed by atoms with E-state index in [2.05, 4.69) is 20.4 Å². The number of amides is 1. The van der Waals surface area contributed by atoms with Gasteiger partial charge in [0.2, 0.25) is 17.6 Å². The van der Waals surface area contributed by atoms with Crippen LogP contribution in [0.4, 0.5) is 0 Å². The van der Waals surface area contributed by atoms with Crippen molar-refractivity contribution in [2.75, 3.05) is 25.4 Å². The topological polar surface area (TPSA) is 71.3 Å². The SMILES string of the molecule is O=C(NCCSc1ccc(Cl)cc1)C1CCCN(Cc2nc(-c3ccccc3)no2)C1. The first-order valence-electron chi connectivity index (χ1n) is 10.4. The zero-order valence-electron chi connectivity index (χ0n) is 17.2. The van der Waals surface area contributed by atoms with Gasteiger partial charge in [-0.2, -0.15) is 4.98 Å². The molecule has 2 aromatic carbocycles. The van der Waals surface area contributed by atoms with E-state index in [0.717, 1.165) is 40.6 Å². The van der Waals surface area contributed by atoms with Crippen molar-refractivity contribution in [3.05, 3.63) is 65.5 Å². The smallest absolute Gasteiger partial charge is 0.241 e. The number of carbonyl (C=O) groups is 1. The minimum absolute atomic E-state index is 0.00852. The highest BCUT2D eigenvalue weighted by Gasteiger charge is 2.26. The Labute approximate surface area is 191 Å². The van der Waals surface area contributed by atoms with Crippen molar-refractivity contribution in [2.24, 2.45) is 5.92 Å². The predicted octanol–water partition coefficient (Wildman–Crippen LogP) is 4.51. The van der Waals surface area contributed by atoms with E-state index in [1.54, 1.807) is 11.8 Å². The van der Waals surface area contributed by atoms with Crippen molar-refractivity contribution in [2.45, 2.75) is 24.3 Å². The Morgan fingerprint density at radius 2 is 2.00 bits per heavy atom. The van der Waals surface area contributed by atoms with Crippen LogP contribution in [0.5, 0.6) is 0 Å². The van der Waals surface area contributed by atoms with E-state index in [1.165, 1.54) is 0 Å². The van der Waals surface area contributed by atoms with Crippen LogP contribution in [-0.4, -0.2) is 46.3 Å². The van der Waals surface area contributed by atoms with Gasteiger partial charge in [-0.3, -0.25) is 9.69 Å². The molecule has 2 heterocycles.